The predicted molar refractivity (Wildman–Crippen MR) is 232 cm³/mol. The van der Waals surface area contributed by atoms with Crippen LogP contribution in [0.3, 0.4) is 0 Å². The fraction of sp³-hybridized carbons (Fsp3) is 0.694. The molecule has 0 N–H and O–H groups in total. The van der Waals surface area contributed by atoms with E-state index in [0.717, 1.165) is 101 Å². The Hall–Kier alpha value is -3.31. The van der Waals surface area contributed by atoms with E-state index in [-0.39, 0.29) is 24.3 Å². The molecule has 0 spiro atoms. The van der Waals surface area contributed by atoms with Crippen molar-refractivity contribution in [1.82, 2.24) is 4.57 Å². The highest BCUT2D eigenvalue weighted by Crippen LogP contribution is 2.41. The van der Waals surface area contributed by atoms with Gasteiger partial charge in [0.05, 0.1) is 37.6 Å². The van der Waals surface area contributed by atoms with Crippen molar-refractivity contribution in [3.8, 4) is 34.3 Å². The Kier molecular flexibility index (Phi) is 17.5. The van der Waals surface area contributed by atoms with Crippen LogP contribution < -0.4 is 24.4 Å². The van der Waals surface area contributed by atoms with E-state index in [0.29, 0.717) is 67.1 Å². The highest BCUT2D eigenvalue weighted by atomic mass is 16.7. The lowest BCUT2D eigenvalue weighted by molar-refractivity contribution is -0.118. The third-order valence-corrected chi connectivity index (χ3v) is 12.2. The standard InChI is InChI=1S/C49H71NO9/c1-2-3-4-5-6-7-8-9-10-11-12-17-30-50-40-36-38(56-43-22-13-18-31-52-43)27-28-39(40)48(51)49(59-46-25-16-21-34-55-46)47(50)37-26-29-41(57-44-23-14-19-32-53-44)42(35-37)58-45-24-15-20-33-54-45/h26-29,35-36,43-46H,2-25,30-34H2,1H3. The summed E-state index contributed by atoms with van der Waals surface area (Å²) < 4.78 is 52.6. The molecular weight excluding hydrogens is 747 g/mol. The van der Waals surface area contributed by atoms with Crippen molar-refractivity contribution in [1.29, 1.82) is 0 Å². The molecule has 0 bridgehead atoms. The van der Waals surface area contributed by atoms with Crippen molar-refractivity contribution in [2.75, 3.05) is 26.4 Å². The maximum atomic E-state index is 14.8. The van der Waals surface area contributed by atoms with Crippen LogP contribution in [0.25, 0.3) is 22.2 Å². The maximum Gasteiger partial charge on any atom is 0.231 e. The third kappa shape index (κ3) is 12.9. The van der Waals surface area contributed by atoms with Gasteiger partial charge in [0.25, 0.3) is 0 Å². The Labute approximate surface area is 352 Å². The van der Waals surface area contributed by atoms with Gasteiger partial charge in [-0.25, -0.2) is 0 Å². The monoisotopic (exact) mass is 818 g/mol. The van der Waals surface area contributed by atoms with Crippen LogP contribution in [0, 0.1) is 0 Å². The summed E-state index contributed by atoms with van der Waals surface area (Å²) in [6.07, 6.45) is 25.1. The quantitative estimate of drug-likeness (QED) is 0.0918. The van der Waals surface area contributed by atoms with Crippen LogP contribution in [0.1, 0.15) is 161 Å². The predicted octanol–water partition coefficient (Wildman–Crippen LogP) is 12.0. The smallest absolute Gasteiger partial charge is 0.231 e. The summed E-state index contributed by atoms with van der Waals surface area (Å²) in [6.45, 7) is 5.61. The molecule has 7 rings (SSSR count). The average Bonchev–Trinajstić information content (AvgIpc) is 3.27. The van der Waals surface area contributed by atoms with E-state index in [1.165, 1.54) is 64.2 Å². The second kappa shape index (κ2) is 23.6. The van der Waals surface area contributed by atoms with Gasteiger partial charge >= 0.3 is 0 Å². The highest BCUT2D eigenvalue weighted by molar-refractivity contribution is 5.87. The number of aryl methyl sites for hydroxylation is 1. The second-order valence-corrected chi connectivity index (χ2v) is 17.0. The second-order valence-electron chi connectivity index (χ2n) is 17.0. The van der Waals surface area contributed by atoms with Gasteiger partial charge in [0.15, 0.2) is 42.4 Å². The first-order chi connectivity index (χ1) is 29.2. The first kappa shape index (κ1) is 43.8. The molecule has 0 aliphatic carbocycles. The van der Waals surface area contributed by atoms with Crippen LogP contribution in [-0.2, 0) is 25.5 Å². The molecule has 326 valence electrons. The Balaban J connectivity index is 1.23. The molecule has 0 amide bonds. The molecule has 0 saturated carbocycles. The molecule has 3 aromatic rings. The van der Waals surface area contributed by atoms with Gasteiger partial charge in [-0.2, -0.15) is 0 Å². The van der Waals surface area contributed by atoms with Crippen LogP contribution in [-0.4, -0.2) is 56.2 Å². The molecule has 4 fully saturated rings. The molecule has 4 aliphatic heterocycles. The van der Waals surface area contributed by atoms with E-state index in [1.807, 2.05) is 36.4 Å². The van der Waals surface area contributed by atoms with Crippen molar-refractivity contribution < 1.29 is 37.9 Å². The van der Waals surface area contributed by atoms with Gasteiger partial charge in [-0.15, -0.1) is 0 Å². The molecule has 4 unspecified atom stereocenters. The van der Waals surface area contributed by atoms with Crippen LogP contribution in [0.2, 0.25) is 0 Å². The first-order valence-corrected chi connectivity index (χ1v) is 23.6. The maximum absolute atomic E-state index is 14.8. The van der Waals surface area contributed by atoms with Crippen molar-refractivity contribution >= 4 is 10.9 Å². The molecule has 1 aromatic heterocycles. The Morgan fingerprint density at radius 1 is 0.542 bits per heavy atom. The molecule has 10 heteroatoms. The summed E-state index contributed by atoms with van der Waals surface area (Å²) in [6, 6.07) is 11.8. The van der Waals surface area contributed by atoms with Crippen LogP contribution in [0.15, 0.2) is 41.2 Å². The average molecular weight is 818 g/mol. The number of pyridine rings is 1. The zero-order valence-corrected chi connectivity index (χ0v) is 35.9. The summed E-state index contributed by atoms with van der Waals surface area (Å²) in [7, 11) is 0. The summed E-state index contributed by atoms with van der Waals surface area (Å²) in [5.41, 5.74) is 2.16. The fourth-order valence-corrected chi connectivity index (χ4v) is 8.84. The summed E-state index contributed by atoms with van der Waals surface area (Å²) in [4.78, 5) is 14.8. The van der Waals surface area contributed by atoms with Gasteiger partial charge < -0.3 is 42.5 Å². The number of benzene rings is 2. The molecule has 4 atom stereocenters. The first-order valence-electron chi connectivity index (χ1n) is 23.6. The zero-order chi connectivity index (χ0) is 40.5. The van der Waals surface area contributed by atoms with Crippen LogP contribution >= 0.6 is 0 Å². The number of hydrogen-bond acceptors (Lipinski definition) is 9. The van der Waals surface area contributed by atoms with E-state index in [2.05, 4.69) is 11.5 Å². The lowest BCUT2D eigenvalue weighted by atomic mass is 10.0. The largest absolute Gasteiger partial charge is 0.465 e. The molecule has 10 nitrogen and oxygen atoms in total. The van der Waals surface area contributed by atoms with E-state index in [1.54, 1.807) is 0 Å². The Morgan fingerprint density at radius 3 is 1.59 bits per heavy atom. The number of rotatable bonds is 22. The minimum Gasteiger partial charge on any atom is -0.465 e. The molecule has 4 aliphatic rings. The fourth-order valence-electron chi connectivity index (χ4n) is 8.84. The Bertz CT molecular complexity index is 1750. The van der Waals surface area contributed by atoms with Crippen molar-refractivity contribution in [2.24, 2.45) is 0 Å². The number of fused-ring (bicyclic) bond motifs is 1. The molecule has 5 heterocycles. The van der Waals surface area contributed by atoms with E-state index >= 15 is 0 Å². The topological polar surface area (TPSA) is 95.8 Å². The van der Waals surface area contributed by atoms with Gasteiger partial charge in [0.2, 0.25) is 5.43 Å². The lowest BCUT2D eigenvalue weighted by Crippen LogP contribution is -2.29. The number of unbranched alkanes of at least 4 members (excludes halogenated alkanes) is 11. The van der Waals surface area contributed by atoms with E-state index in [9.17, 15) is 4.79 Å². The third-order valence-electron chi connectivity index (χ3n) is 12.2. The van der Waals surface area contributed by atoms with Crippen molar-refractivity contribution in [3.63, 3.8) is 0 Å². The van der Waals surface area contributed by atoms with Crippen molar-refractivity contribution in [3.05, 3.63) is 46.6 Å². The SMILES string of the molecule is CCCCCCCCCCCCCCn1c(-c2ccc(OC3CCCCO3)c(OC3CCCCO3)c2)c(OC2CCCCO2)c(=O)c2ccc(OC3CCCCO3)cc21. The van der Waals surface area contributed by atoms with Crippen molar-refractivity contribution in [2.45, 2.75) is 193 Å². The number of nitrogens with zero attached hydrogens (tertiary/aromatic N) is 1. The van der Waals surface area contributed by atoms with E-state index in [4.69, 9.17) is 37.9 Å². The summed E-state index contributed by atoms with van der Waals surface area (Å²) in [5.74, 6) is 2.17. The summed E-state index contributed by atoms with van der Waals surface area (Å²) >= 11 is 0. The van der Waals surface area contributed by atoms with Crippen LogP contribution in [0.4, 0.5) is 0 Å². The van der Waals surface area contributed by atoms with Gasteiger partial charge in [-0.05, 0) is 88.1 Å². The van der Waals surface area contributed by atoms with Gasteiger partial charge in [0, 0.05) is 49.2 Å². The minimum absolute atomic E-state index is 0.162. The van der Waals surface area contributed by atoms with Crippen LogP contribution in [0.5, 0.6) is 23.0 Å². The normalized spacial score (nSPS) is 22.6. The molecule has 59 heavy (non-hydrogen) atoms. The number of hydrogen-bond donors (Lipinski definition) is 0. The molecule has 2 aromatic carbocycles. The molecular formula is C49H71NO9. The number of aromatic nitrogens is 1. The minimum atomic E-state index is -0.504. The zero-order valence-electron chi connectivity index (χ0n) is 35.9. The van der Waals surface area contributed by atoms with Gasteiger partial charge in [-0.1, -0.05) is 77.6 Å². The van der Waals surface area contributed by atoms with Gasteiger partial charge in [0.1, 0.15) is 5.75 Å². The molecule has 0 radical (unpaired) electrons. The summed E-state index contributed by atoms with van der Waals surface area (Å²) in [5, 5.41) is 0.594. The lowest BCUT2D eigenvalue weighted by Gasteiger charge is -2.29. The molecule has 4 saturated heterocycles. The van der Waals surface area contributed by atoms with Gasteiger partial charge in [-0.3, -0.25) is 4.79 Å². The Morgan fingerprint density at radius 2 is 1.05 bits per heavy atom. The number of ether oxygens (including phenoxy) is 8. The highest BCUT2D eigenvalue weighted by Gasteiger charge is 2.28. The van der Waals surface area contributed by atoms with E-state index < -0.39 is 6.29 Å².